The average Bonchev–Trinajstić information content (AvgIpc) is 2.30. The van der Waals surface area contributed by atoms with Gasteiger partial charge in [0.25, 0.3) is 0 Å². The lowest BCUT2D eigenvalue weighted by atomic mass is 9.98. The third-order valence-corrected chi connectivity index (χ3v) is 3.37. The molecule has 1 N–H and O–H groups in total. The van der Waals surface area contributed by atoms with Crippen LogP contribution in [0.4, 0.5) is 10.5 Å². The standard InChI is InChI=1S/C13H15ClN2O2/c1-8(2)10-7-12(17)16(13(18)15-10)11-6-4-3-5-9(11)14/h3-6,8,10H,7H2,1-2H3,(H,15,18). The molecule has 2 rings (SSSR count). The van der Waals surface area contributed by atoms with Crippen LogP contribution >= 0.6 is 11.6 Å². The number of carbonyl (C=O) groups is 2. The number of nitrogens with zero attached hydrogens (tertiary/aromatic N) is 1. The van der Waals surface area contributed by atoms with Crippen LogP contribution in [0.25, 0.3) is 0 Å². The van der Waals surface area contributed by atoms with Gasteiger partial charge in [0.15, 0.2) is 0 Å². The minimum atomic E-state index is -0.405. The summed E-state index contributed by atoms with van der Waals surface area (Å²) in [6, 6.07) is 6.31. The lowest BCUT2D eigenvalue weighted by Gasteiger charge is -2.33. The first kappa shape index (κ1) is 12.9. The van der Waals surface area contributed by atoms with Crippen molar-refractivity contribution in [1.82, 2.24) is 5.32 Å². The molecule has 1 unspecified atom stereocenters. The fourth-order valence-electron chi connectivity index (χ4n) is 1.95. The van der Waals surface area contributed by atoms with E-state index in [1.165, 1.54) is 0 Å². The molecule has 0 aromatic heterocycles. The van der Waals surface area contributed by atoms with Gasteiger partial charge < -0.3 is 5.32 Å². The van der Waals surface area contributed by atoms with E-state index in [9.17, 15) is 9.59 Å². The fourth-order valence-corrected chi connectivity index (χ4v) is 2.17. The van der Waals surface area contributed by atoms with Crippen LogP contribution in [0.3, 0.4) is 0 Å². The van der Waals surface area contributed by atoms with E-state index in [4.69, 9.17) is 11.6 Å². The zero-order valence-corrected chi connectivity index (χ0v) is 11.1. The second-order valence-electron chi connectivity index (χ2n) is 4.68. The number of carbonyl (C=O) groups excluding carboxylic acids is 2. The van der Waals surface area contributed by atoms with Gasteiger partial charge in [0, 0.05) is 12.5 Å². The van der Waals surface area contributed by atoms with Crippen molar-refractivity contribution in [3.63, 3.8) is 0 Å². The Hall–Kier alpha value is -1.55. The van der Waals surface area contributed by atoms with E-state index in [2.05, 4.69) is 5.32 Å². The molecular formula is C13H15ClN2O2. The molecule has 1 saturated heterocycles. The highest BCUT2D eigenvalue weighted by Crippen LogP contribution is 2.28. The number of rotatable bonds is 2. The lowest BCUT2D eigenvalue weighted by molar-refractivity contribution is -0.119. The predicted molar refractivity (Wildman–Crippen MR) is 70.7 cm³/mol. The summed E-state index contributed by atoms with van der Waals surface area (Å²) in [6.07, 6.45) is 0.300. The Morgan fingerprint density at radius 1 is 1.33 bits per heavy atom. The van der Waals surface area contributed by atoms with Crippen molar-refractivity contribution in [3.05, 3.63) is 29.3 Å². The number of para-hydroxylation sites is 1. The molecule has 0 aliphatic carbocycles. The van der Waals surface area contributed by atoms with Gasteiger partial charge >= 0.3 is 6.03 Å². The van der Waals surface area contributed by atoms with Crippen molar-refractivity contribution in [1.29, 1.82) is 0 Å². The van der Waals surface area contributed by atoms with E-state index in [0.29, 0.717) is 17.1 Å². The Balaban J connectivity index is 2.29. The second-order valence-corrected chi connectivity index (χ2v) is 5.09. The fraction of sp³-hybridized carbons (Fsp3) is 0.385. The first-order valence-corrected chi connectivity index (χ1v) is 6.26. The Morgan fingerprint density at radius 3 is 2.56 bits per heavy atom. The van der Waals surface area contributed by atoms with Crippen LogP contribution in [0, 0.1) is 5.92 Å². The van der Waals surface area contributed by atoms with Crippen LogP contribution in [-0.4, -0.2) is 18.0 Å². The summed E-state index contributed by atoms with van der Waals surface area (Å²) in [5, 5.41) is 3.22. The molecule has 1 aliphatic rings. The number of imide groups is 1. The van der Waals surface area contributed by atoms with Crippen LogP contribution in [0.1, 0.15) is 20.3 Å². The predicted octanol–water partition coefficient (Wildman–Crippen LogP) is 2.81. The molecule has 1 heterocycles. The maximum Gasteiger partial charge on any atom is 0.329 e. The summed E-state index contributed by atoms with van der Waals surface area (Å²) in [5.74, 6) is 0.0110. The summed E-state index contributed by atoms with van der Waals surface area (Å²) >= 11 is 6.01. The topological polar surface area (TPSA) is 49.4 Å². The molecule has 4 nitrogen and oxygen atoms in total. The van der Waals surface area contributed by atoms with E-state index in [0.717, 1.165) is 4.90 Å². The van der Waals surface area contributed by atoms with Crippen LogP contribution in [-0.2, 0) is 4.79 Å². The Labute approximate surface area is 111 Å². The van der Waals surface area contributed by atoms with Gasteiger partial charge in [-0.25, -0.2) is 9.69 Å². The number of hydrogen-bond acceptors (Lipinski definition) is 2. The quantitative estimate of drug-likeness (QED) is 0.895. The maximum absolute atomic E-state index is 12.1. The third-order valence-electron chi connectivity index (χ3n) is 3.05. The van der Waals surface area contributed by atoms with Gasteiger partial charge in [0.05, 0.1) is 10.7 Å². The SMILES string of the molecule is CC(C)C1CC(=O)N(c2ccccc2Cl)C(=O)N1. The molecule has 0 saturated carbocycles. The molecular weight excluding hydrogens is 252 g/mol. The molecule has 96 valence electrons. The third kappa shape index (κ3) is 2.34. The smallest absolute Gasteiger partial charge is 0.329 e. The monoisotopic (exact) mass is 266 g/mol. The van der Waals surface area contributed by atoms with E-state index >= 15 is 0 Å². The van der Waals surface area contributed by atoms with Crippen LogP contribution in [0.15, 0.2) is 24.3 Å². The highest BCUT2D eigenvalue weighted by atomic mass is 35.5. The van der Waals surface area contributed by atoms with E-state index in [1.807, 2.05) is 13.8 Å². The zero-order chi connectivity index (χ0) is 13.3. The largest absolute Gasteiger partial charge is 0.334 e. The Morgan fingerprint density at radius 2 is 2.00 bits per heavy atom. The highest BCUT2D eigenvalue weighted by molar-refractivity contribution is 6.35. The number of benzene rings is 1. The molecule has 1 aromatic rings. The molecule has 5 heteroatoms. The maximum atomic E-state index is 12.1. The van der Waals surface area contributed by atoms with Gasteiger partial charge in [0.2, 0.25) is 5.91 Å². The first-order chi connectivity index (χ1) is 8.50. The van der Waals surface area contributed by atoms with Crippen molar-refractivity contribution < 1.29 is 9.59 Å². The van der Waals surface area contributed by atoms with Gasteiger partial charge in [-0.05, 0) is 18.1 Å². The number of nitrogens with one attached hydrogen (secondary N) is 1. The molecule has 18 heavy (non-hydrogen) atoms. The minimum absolute atomic E-state index is 0.108. The highest BCUT2D eigenvalue weighted by Gasteiger charge is 2.35. The van der Waals surface area contributed by atoms with Crippen LogP contribution in [0.5, 0.6) is 0 Å². The summed E-state index contributed by atoms with van der Waals surface area (Å²) in [7, 11) is 0. The van der Waals surface area contributed by atoms with Gasteiger partial charge in [-0.15, -0.1) is 0 Å². The Kier molecular flexibility index (Phi) is 3.57. The number of urea groups is 1. The number of halogens is 1. The number of hydrogen-bond donors (Lipinski definition) is 1. The van der Waals surface area contributed by atoms with E-state index in [1.54, 1.807) is 24.3 Å². The molecule has 0 radical (unpaired) electrons. The van der Waals surface area contributed by atoms with Gasteiger partial charge in [-0.3, -0.25) is 4.79 Å². The minimum Gasteiger partial charge on any atom is -0.334 e. The van der Waals surface area contributed by atoms with Crippen LogP contribution in [0.2, 0.25) is 5.02 Å². The van der Waals surface area contributed by atoms with Crippen molar-refractivity contribution in [2.24, 2.45) is 5.92 Å². The molecule has 1 aromatic carbocycles. The molecule has 0 spiro atoms. The molecule has 1 aliphatic heterocycles. The van der Waals surface area contributed by atoms with Crippen molar-refractivity contribution in [3.8, 4) is 0 Å². The number of amides is 3. The van der Waals surface area contributed by atoms with Crippen molar-refractivity contribution >= 4 is 29.2 Å². The van der Waals surface area contributed by atoms with Crippen molar-refractivity contribution in [2.75, 3.05) is 4.90 Å². The first-order valence-electron chi connectivity index (χ1n) is 5.88. The van der Waals surface area contributed by atoms with Gasteiger partial charge in [0.1, 0.15) is 0 Å². The summed E-state index contributed by atoms with van der Waals surface area (Å²) in [6.45, 7) is 3.95. The summed E-state index contributed by atoms with van der Waals surface area (Å²) < 4.78 is 0. The van der Waals surface area contributed by atoms with E-state index in [-0.39, 0.29) is 17.9 Å². The summed E-state index contributed by atoms with van der Waals surface area (Å²) in [5.41, 5.74) is 0.434. The average molecular weight is 267 g/mol. The molecule has 1 atom stereocenters. The lowest BCUT2D eigenvalue weighted by Crippen LogP contribution is -2.56. The van der Waals surface area contributed by atoms with Gasteiger partial charge in [-0.1, -0.05) is 37.6 Å². The van der Waals surface area contributed by atoms with Crippen LogP contribution < -0.4 is 10.2 Å². The zero-order valence-electron chi connectivity index (χ0n) is 10.3. The molecule has 1 fully saturated rings. The van der Waals surface area contributed by atoms with Crippen molar-refractivity contribution in [2.45, 2.75) is 26.3 Å². The molecule has 0 bridgehead atoms. The molecule has 3 amide bonds. The summed E-state index contributed by atoms with van der Waals surface area (Å²) in [4.78, 5) is 25.2. The second kappa shape index (κ2) is 4.98. The normalized spacial score (nSPS) is 20.2. The Bertz CT molecular complexity index is 470. The van der Waals surface area contributed by atoms with E-state index < -0.39 is 6.03 Å². The van der Waals surface area contributed by atoms with Gasteiger partial charge in [-0.2, -0.15) is 0 Å². The number of anilines is 1.